The highest BCUT2D eigenvalue weighted by Crippen LogP contribution is 2.23. The Labute approximate surface area is 117 Å². The number of rotatable bonds is 2. The quantitative estimate of drug-likeness (QED) is 0.865. The van der Waals surface area contributed by atoms with Crippen LogP contribution in [0.4, 0.5) is 5.69 Å². The van der Waals surface area contributed by atoms with Gasteiger partial charge in [0.1, 0.15) is 5.71 Å². The number of nitriles is 1. The van der Waals surface area contributed by atoms with Crippen molar-refractivity contribution in [1.82, 2.24) is 5.43 Å². The summed E-state index contributed by atoms with van der Waals surface area (Å²) in [5.74, 6) is -0.568. The zero-order valence-electron chi connectivity index (χ0n) is 9.74. The summed E-state index contributed by atoms with van der Waals surface area (Å²) in [6.07, 6.45) is 0.562. The molecule has 2 amide bonds. The summed E-state index contributed by atoms with van der Waals surface area (Å²) in [7, 11) is 0. The third-order valence-corrected chi connectivity index (χ3v) is 3.17. The Morgan fingerprint density at radius 3 is 2.84 bits per heavy atom. The first kappa shape index (κ1) is 13.2. The van der Waals surface area contributed by atoms with Gasteiger partial charge in [0.25, 0.3) is 5.91 Å². The molecule has 0 radical (unpaired) electrons. The van der Waals surface area contributed by atoms with Crippen LogP contribution in [-0.4, -0.2) is 17.5 Å². The van der Waals surface area contributed by atoms with Crippen molar-refractivity contribution < 1.29 is 9.59 Å². The first-order valence-corrected chi connectivity index (χ1v) is 6.26. The summed E-state index contributed by atoms with van der Waals surface area (Å²) < 4.78 is 0.611. The molecule has 0 aromatic heterocycles. The fourth-order valence-electron chi connectivity index (χ4n) is 1.52. The zero-order chi connectivity index (χ0) is 13.8. The van der Waals surface area contributed by atoms with Crippen LogP contribution in [0, 0.1) is 11.3 Å². The van der Waals surface area contributed by atoms with Crippen molar-refractivity contribution in [3.05, 3.63) is 28.2 Å². The van der Waals surface area contributed by atoms with Gasteiger partial charge in [-0.15, -0.1) is 0 Å². The summed E-state index contributed by atoms with van der Waals surface area (Å²) in [5.41, 5.74) is 3.58. The largest absolute Gasteiger partial charge is 0.320 e. The van der Waals surface area contributed by atoms with Crippen LogP contribution < -0.4 is 10.7 Å². The number of hydrazone groups is 1. The molecule has 2 rings (SSSR count). The summed E-state index contributed by atoms with van der Waals surface area (Å²) in [6.45, 7) is 0. The number of benzene rings is 1. The molecular formula is C12H9BrN4O2. The number of amides is 2. The third kappa shape index (κ3) is 3.17. The van der Waals surface area contributed by atoms with E-state index in [1.807, 2.05) is 6.07 Å². The second-order valence-corrected chi connectivity index (χ2v) is 4.71. The minimum atomic E-state index is -0.370. The molecular weight excluding hydrogens is 312 g/mol. The molecule has 0 spiro atoms. The predicted molar refractivity (Wildman–Crippen MR) is 72.3 cm³/mol. The predicted octanol–water partition coefficient (Wildman–Crippen LogP) is 1.53. The second-order valence-electron chi connectivity index (χ2n) is 3.85. The Morgan fingerprint density at radius 1 is 1.47 bits per heavy atom. The summed E-state index contributed by atoms with van der Waals surface area (Å²) in [5, 5.41) is 15.1. The van der Waals surface area contributed by atoms with Gasteiger partial charge in [0, 0.05) is 17.3 Å². The van der Waals surface area contributed by atoms with E-state index < -0.39 is 0 Å². The van der Waals surface area contributed by atoms with Gasteiger partial charge in [-0.3, -0.25) is 9.59 Å². The van der Waals surface area contributed by atoms with Crippen molar-refractivity contribution in [2.45, 2.75) is 12.8 Å². The zero-order valence-corrected chi connectivity index (χ0v) is 11.3. The van der Waals surface area contributed by atoms with Crippen LogP contribution in [0.25, 0.3) is 0 Å². The van der Waals surface area contributed by atoms with E-state index in [0.29, 0.717) is 22.1 Å². The molecule has 0 aliphatic carbocycles. The van der Waals surface area contributed by atoms with Gasteiger partial charge in [-0.05, 0) is 34.1 Å². The Morgan fingerprint density at radius 2 is 2.26 bits per heavy atom. The van der Waals surface area contributed by atoms with Gasteiger partial charge in [0.15, 0.2) is 0 Å². The molecule has 1 aliphatic rings. The summed E-state index contributed by atoms with van der Waals surface area (Å²) in [4.78, 5) is 22.8. The van der Waals surface area contributed by atoms with Crippen molar-refractivity contribution in [1.29, 1.82) is 5.26 Å². The first-order valence-electron chi connectivity index (χ1n) is 5.46. The van der Waals surface area contributed by atoms with Crippen molar-refractivity contribution in [3.8, 4) is 6.07 Å². The summed E-state index contributed by atoms with van der Waals surface area (Å²) in [6, 6.07) is 6.84. The molecule has 1 aliphatic heterocycles. The number of nitrogens with one attached hydrogen (secondary N) is 2. The molecule has 0 unspecified atom stereocenters. The van der Waals surface area contributed by atoms with Crippen LogP contribution in [0.2, 0.25) is 0 Å². The van der Waals surface area contributed by atoms with Crippen molar-refractivity contribution in [2.75, 3.05) is 5.32 Å². The Bertz CT molecular complexity index is 619. The fourth-order valence-corrected chi connectivity index (χ4v) is 2.00. The molecule has 7 heteroatoms. The molecule has 0 saturated carbocycles. The van der Waals surface area contributed by atoms with E-state index in [1.54, 1.807) is 18.2 Å². The highest BCUT2D eigenvalue weighted by molar-refractivity contribution is 9.10. The number of anilines is 1. The number of halogens is 1. The van der Waals surface area contributed by atoms with E-state index in [4.69, 9.17) is 5.26 Å². The lowest BCUT2D eigenvalue weighted by molar-refractivity contribution is -0.121. The lowest BCUT2D eigenvalue weighted by Crippen LogP contribution is -2.32. The smallest absolute Gasteiger partial charge is 0.271 e. The number of carbonyl (C=O) groups is 2. The van der Waals surface area contributed by atoms with Gasteiger partial charge in [-0.2, -0.15) is 10.4 Å². The van der Waals surface area contributed by atoms with Gasteiger partial charge < -0.3 is 5.32 Å². The summed E-state index contributed by atoms with van der Waals surface area (Å²) >= 11 is 3.27. The monoisotopic (exact) mass is 320 g/mol. The van der Waals surface area contributed by atoms with Crippen LogP contribution in [0.15, 0.2) is 27.8 Å². The first-order chi connectivity index (χ1) is 9.10. The van der Waals surface area contributed by atoms with Gasteiger partial charge in [0.2, 0.25) is 5.91 Å². The van der Waals surface area contributed by atoms with Gasteiger partial charge in [-0.25, -0.2) is 5.43 Å². The van der Waals surface area contributed by atoms with Crippen LogP contribution in [0.5, 0.6) is 0 Å². The molecule has 2 N–H and O–H groups in total. The van der Waals surface area contributed by atoms with E-state index in [2.05, 4.69) is 31.8 Å². The van der Waals surface area contributed by atoms with Gasteiger partial charge in [0.05, 0.1) is 17.3 Å². The number of hydrogen-bond acceptors (Lipinski definition) is 4. The average molecular weight is 321 g/mol. The van der Waals surface area contributed by atoms with E-state index >= 15 is 0 Å². The third-order valence-electron chi connectivity index (χ3n) is 2.51. The molecule has 6 nitrogen and oxygen atoms in total. The minimum absolute atomic E-state index is 0.198. The van der Waals surface area contributed by atoms with E-state index in [0.717, 1.165) is 0 Å². The highest BCUT2D eigenvalue weighted by atomic mass is 79.9. The molecule has 1 aromatic carbocycles. The Kier molecular flexibility index (Phi) is 3.92. The fraction of sp³-hybridized carbons (Fsp3) is 0.167. The van der Waals surface area contributed by atoms with Crippen LogP contribution in [0.3, 0.4) is 0 Å². The Hall–Kier alpha value is -2.20. The number of carbonyl (C=O) groups excluding carboxylic acids is 2. The van der Waals surface area contributed by atoms with E-state index in [9.17, 15) is 9.59 Å². The molecule has 1 aromatic rings. The van der Waals surface area contributed by atoms with E-state index in [1.165, 1.54) is 0 Å². The number of hydrogen-bond donors (Lipinski definition) is 2. The van der Waals surface area contributed by atoms with E-state index in [-0.39, 0.29) is 23.9 Å². The lowest BCUT2D eigenvalue weighted by Gasteiger charge is -2.12. The maximum absolute atomic E-state index is 11.9. The standard InChI is InChI=1S/C12H9BrN4O2/c13-8-5-7(6-14)1-2-9(8)15-12(19)10-3-4-11(18)17-16-10/h1-2,5H,3-4H2,(H,15,19)(H,17,18). The molecule has 0 bridgehead atoms. The molecule has 0 saturated heterocycles. The maximum atomic E-state index is 11.9. The van der Waals surface area contributed by atoms with Crippen molar-refractivity contribution >= 4 is 39.1 Å². The number of nitrogens with zero attached hydrogens (tertiary/aromatic N) is 2. The normalized spacial score (nSPS) is 14.1. The van der Waals surface area contributed by atoms with Gasteiger partial charge in [-0.1, -0.05) is 0 Å². The molecule has 0 fully saturated rings. The van der Waals surface area contributed by atoms with Crippen LogP contribution >= 0.6 is 15.9 Å². The van der Waals surface area contributed by atoms with Gasteiger partial charge >= 0.3 is 0 Å². The minimum Gasteiger partial charge on any atom is -0.320 e. The van der Waals surface area contributed by atoms with Crippen molar-refractivity contribution in [3.63, 3.8) is 0 Å². The SMILES string of the molecule is N#Cc1ccc(NC(=O)C2=NNC(=O)CC2)c(Br)c1. The second kappa shape index (κ2) is 5.63. The molecule has 96 valence electrons. The van der Waals surface area contributed by atoms with Crippen LogP contribution in [-0.2, 0) is 9.59 Å². The molecule has 19 heavy (non-hydrogen) atoms. The Balaban J connectivity index is 2.11. The average Bonchev–Trinajstić information content (AvgIpc) is 2.41. The highest BCUT2D eigenvalue weighted by Gasteiger charge is 2.18. The lowest BCUT2D eigenvalue weighted by atomic mass is 10.1. The molecule has 0 atom stereocenters. The van der Waals surface area contributed by atoms with Crippen molar-refractivity contribution in [2.24, 2.45) is 5.10 Å². The maximum Gasteiger partial charge on any atom is 0.271 e. The van der Waals surface area contributed by atoms with Crippen LogP contribution in [0.1, 0.15) is 18.4 Å². The molecule has 1 heterocycles. The topological polar surface area (TPSA) is 94.3 Å².